The third-order valence-electron chi connectivity index (χ3n) is 2.57. The summed E-state index contributed by atoms with van der Waals surface area (Å²) in [6, 6.07) is 7.07. The van der Waals surface area contributed by atoms with Crippen molar-refractivity contribution in [2.45, 2.75) is 5.38 Å². The Morgan fingerprint density at radius 3 is 2.32 bits per heavy atom. The fourth-order valence-corrected chi connectivity index (χ4v) is 2.97. The van der Waals surface area contributed by atoms with Gasteiger partial charge in [-0.2, -0.15) is 0 Å². The van der Waals surface area contributed by atoms with Crippen LogP contribution in [0, 0.1) is 11.6 Å². The van der Waals surface area contributed by atoms with Crippen molar-refractivity contribution in [3.8, 4) is 0 Å². The van der Waals surface area contributed by atoms with Crippen molar-refractivity contribution in [3.63, 3.8) is 0 Å². The summed E-state index contributed by atoms with van der Waals surface area (Å²) >= 11 is 21.5. The molecule has 0 aliphatic carbocycles. The molecule has 2 aromatic carbocycles. The van der Waals surface area contributed by atoms with Gasteiger partial charge in [-0.25, -0.2) is 8.78 Å². The van der Waals surface area contributed by atoms with Crippen molar-refractivity contribution >= 4 is 50.7 Å². The molecule has 1 unspecified atom stereocenters. The summed E-state index contributed by atoms with van der Waals surface area (Å²) in [4.78, 5) is 0. The first-order valence-electron chi connectivity index (χ1n) is 5.14. The lowest BCUT2D eigenvalue weighted by Gasteiger charge is -2.15. The molecule has 0 saturated heterocycles. The minimum absolute atomic E-state index is 0.0509. The van der Waals surface area contributed by atoms with Crippen LogP contribution in [0.4, 0.5) is 8.78 Å². The maximum atomic E-state index is 13.3. The van der Waals surface area contributed by atoms with E-state index in [0.29, 0.717) is 15.1 Å². The Bertz CT molecular complexity index is 632. The third-order valence-corrected chi connectivity index (χ3v) is 4.68. The Balaban J connectivity index is 2.53. The first-order valence-corrected chi connectivity index (χ1v) is 7.12. The van der Waals surface area contributed by atoms with Crippen LogP contribution in [0.2, 0.25) is 10.0 Å². The molecular formula is C13H6BrCl3F2. The zero-order valence-corrected chi connectivity index (χ0v) is 13.1. The van der Waals surface area contributed by atoms with Gasteiger partial charge in [-0.15, -0.1) is 11.6 Å². The van der Waals surface area contributed by atoms with E-state index in [9.17, 15) is 8.78 Å². The second-order valence-electron chi connectivity index (χ2n) is 3.79. The predicted molar refractivity (Wildman–Crippen MR) is 78.2 cm³/mol. The molecule has 1 atom stereocenters. The van der Waals surface area contributed by atoms with Gasteiger partial charge in [0.15, 0.2) is 11.6 Å². The minimum Gasteiger partial charge on any atom is -0.204 e. The highest BCUT2D eigenvalue weighted by Crippen LogP contribution is 2.40. The van der Waals surface area contributed by atoms with E-state index in [0.717, 1.165) is 12.1 Å². The van der Waals surface area contributed by atoms with Gasteiger partial charge in [-0.1, -0.05) is 35.3 Å². The smallest absolute Gasteiger partial charge is 0.160 e. The zero-order chi connectivity index (χ0) is 14.2. The van der Waals surface area contributed by atoms with E-state index in [1.807, 2.05) is 0 Å². The van der Waals surface area contributed by atoms with E-state index < -0.39 is 17.0 Å². The highest BCUT2D eigenvalue weighted by atomic mass is 79.9. The molecule has 0 amide bonds. The fraction of sp³-hybridized carbons (Fsp3) is 0.0769. The monoisotopic (exact) mass is 384 g/mol. The molecule has 0 fully saturated rings. The number of halogens is 6. The first-order chi connectivity index (χ1) is 8.91. The van der Waals surface area contributed by atoms with E-state index in [-0.39, 0.29) is 10.6 Å². The van der Waals surface area contributed by atoms with Crippen LogP contribution in [0.1, 0.15) is 16.5 Å². The number of rotatable bonds is 2. The summed E-state index contributed by atoms with van der Waals surface area (Å²) in [6.45, 7) is 0. The Kier molecular flexibility index (Phi) is 4.72. The SMILES string of the molecule is Fc1cc(Cl)c(C(Cl)c2cccc(Br)c2Cl)cc1F. The molecular weight excluding hydrogens is 380 g/mol. The third kappa shape index (κ3) is 3.05. The summed E-state index contributed by atoms with van der Waals surface area (Å²) in [5.74, 6) is -2.02. The Morgan fingerprint density at radius 2 is 1.63 bits per heavy atom. The van der Waals surface area contributed by atoms with Crippen LogP contribution in [0.5, 0.6) is 0 Å². The van der Waals surface area contributed by atoms with E-state index in [4.69, 9.17) is 34.8 Å². The molecule has 0 radical (unpaired) electrons. The second kappa shape index (κ2) is 5.96. The maximum Gasteiger partial charge on any atom is 0.160 e. The van der Waals surface area contributed by atoms with Crippen molar-refractivity contribution in [3.05, 3.63) is 67.6 Å². The average Bonchev–Trinajstić information content (AvgIpc) is 2.36. The minimum atomic E-state index is -1.02. The quantitative estimate of drug-likeness (QED) is 0.416. The highest BCUT2D eigenvalue weighted by Gasteiger charge is 2.20. The van der Waals surface area contributed by atoms with Crippen LogP contribution < -0.4 is 0 Å². The van der Waals surface area contributed by atoms with Crippen molar-refractivity contribution in [1.82, 2.24) is 0 Å². The summed E-state index contributed by atoms with van der Waals surface area (Å²) in [6.07, 6.45) is 0. The van der Waals surface area contributed by atoms with Gasteiger partial charge in [0.05, 0.1) is 10.4 Å². The van der Waals surface area contributed by atoms with Gasteiger partial charge in [0.2, 0.25) is 0 Å². The van der Waals surface area contributed by atoms with Gasteiger partial charge in [0, 0.05) is 9.50 Å². The van der Waals surface area contributed by atoms with Crippen LogP contribution in [0.3, 0.4) is 0 Å². The highest BCUT2D eigenvalue weighted by molar-refractivity contribution is 9.10. The molecule has 0 N–H and O–H groups in total. The Labute approximate surface area is 132 Å². The van der Waals surface area contributed by atoms with E-state index in [1.165, 1.54) is 0 Å². The molecule has 0 bridgehead atoms. The molecule has 100 valence electrons. The summed E-state index contributed by atoms with van der Waals surface area (Å²) in [5, 5.41) is -0.314. The van der Waals surface area contributed by atoms with Gasteiger partial charge in [-0.3, -0.25) is 0 Å². The Hall–Kier alpha value is -0.350. The van der Waals surface area contributed by atoms with Crippen LogP contribution in [0.25, 0.3) is 0 Å². The van der Waals surface area contributed by atoms with Crippen LogP contribution >= 0.6 is 50.7 Å². The number of hydrogen-bond donors (Lipinski definition) is 0. The molecule has 0 aliphatic heterocycles. The summed E-state index contributed by atoms with van der Waals surface area (Å²) < 4.78 is 27.0. The van der Waals surface area contributed by atoms with Gasteiger partial charge in [0.1, 0.15) is 0 Å². The summed E-state index contributed by atoms with van der Waals surface area (Å²) in [7, 11) is 0. The zero-order valence-electron chi connectivity index (χ0n) is 9.23. The molecule has 2 aromatic rings. The standard InChI is InChI=1S/C13H6BrCl3F2/c14-8-3-1-2-6(13(8)17)12(16)7-4-10(18)11(19)5-9(7)15/h1-5,12H. The Morgan fingerprint density at radius 1 is 1.00 bits per heavy atom. The fourth-order valence-electron chi connectivity index (χ4n) is 1.62. The second-order valence-corrected chi connectivity index (χ2v) is 5.87. The number of hydrogen-bond acceptors (Lipinski definition) is 0. The predicted octanol–water partition coefficient (Wildman–Crippen LogP) is 6.36. The first kappa shape index (κ1) is 15.0. The lowest BCUT2D eigenvalue weighted by Crippen LogP contribution is -1.98. The molecule has 0 aromatic heterocycles. The van der Waals surface area contributed by atoms with E-state index in [2.05, 4.69) is 15.9 Å². The molecule has 0 nitrogen and oxygen atoms in total. The van der Waals surface area contributed by atoms with Crippen molar-refractivity contribution in [2.75, 3.05) is 0 Å². The normalized spacial score (nSPS) is 12.5. The van der Waals surface area contributed by atoms with Crippen LogP contribution in [0.15, 0.2) is 34.8 Å². The van der Waals surface area contributed by atoms with Crippen molar-refractivity contribution in [1.29, 1.82) is 0 Å². The molecule has 0 aliphatic rings. The number of alkyl halides is 1. The maximum absolute atomic E-state index is 13.3. The molecule has 6 heteroatoms. The molecule has 2 rings (SSSR count). The van der Waals surface area contributed by atoms with E-state index in [1.54, 1.807) is 18.2 Å². The average molecular weight is 386 g/mol. The lowest BCUT2D eigenvalue weighted by atomic mass is 10.0. The van der Waals surface area contributed by atoms with Gasteiger partial charge in [0.25, 0.3) is 0 Å². The van der Waals surface area contributed by atoms with Gasteiger partial charge in [-0.05, 0) is 45.3 Å². The molecule has 0 saturated carbocycles. The van der Waals surface area contributed by atoms with Gasteiger partial charge < -0.3 is 0 Å². The van der Waals surface area contributed by atoms with Gasteiger partial charge >= 0.3 is 0 Å². The molecule has 19 heavy (non-hydrogen) atoms. The topological polar surface area (TPSA) is 0 Å². The van der Waals surface area contributed by atoms with Crippen molar-refractivity contribution < 1.29 is 8.78 Å². The van der Waals surface area contributed by atoms with Crippen LogP contribution in [-0.4, -0.2) is 0 Å². The molecule has 0 spiro atoms. The lowest BCUT2D eigenvalue weighted by molar-refractivity contribution is 0.507. The van der Waals surface area contributed by atoms with E-state index >= 15 is 0 Å². The number of benzene rings is 2. The van der Waals surface area contributed by atoms with Crippen LogP contribution in [-0.2, 0) is 0 Å². The largest absolute Gasteiger partial charge is 0.204 e. The summed E-state index contributed by atoms with van der Waals surface area (Å²) in [5.41, 5.74) is 0.827. The molecule has 0 heterocycles. The van der Waals surface area contributed by atoms with Crippen molar-refractivity contribution in [2.24, 2.45) is 0 Å².